The Morgan fingerprint density at radius 2 is 1.52 bits per heavy atom. The summed E-state index contributed by atoms with van der Waals surface area (Å²) in [6, 6.07) is 6.43. The van der Waals surface area contributed by atoms with E-state index in [9.17, 15) is 14.4 Å². The van der Waals surface area contributed by atoms with Crippen molar-refractivity contribution in [2.45, 2.75) is 6.42 Å². The van der Waals surface area contributed by atoms with Crippen LogP contribution in [0.5, 0.6) is 5.75 Å². The number of carbonyl (C=O) groups excluding carboxylic acids is 3. The molecule has 160 valence electrons. The van der Waals surface area contributed by atoms with E-state index in [1.807, 2.05) is 0 Å². The zero-order valence-corrected chi connectivity index (χ0v) is 16.1. The molecule has 0 saturated heterocycles. The summed E-state index contributed by atoms with van der Waals surface area (Å²) in [5, 5.41) is 0. The minimum absolute atomic E-state index is 0.0277. The van der Waals surface area contributed by atoms with Crippen LogP contribution in [0.15, 0.2) is 36.5 Å². The summed E-state index contributed by atoms with van der Waals surface area (Å²) in [5.74, 6) is -1.08. The number of nitrogens with two attached hydrogens (primary N) is 2. The quantitative estimate of drug-likeness (QED) is 0.188. The van der Waals surface area contributed by atoms with Gasteiger partial charge in [-0.3, -0.25) is 4.79 Å². The molecule has 0 bridgehead atoms. The summed E-state index contributed by atoms with van der Waals surface area (Å²) in [6.45, 7) is 4.06. The number of hydrogen-bond donors (Lipinski definition) is 2. The monoisotopic (exact) mass is 410 g/mol. The number of ether oxygens (including phenoxy) is 5. The summed E-state index contributed by atoms with van der Waals surface area (Å²) < 4.78 is 25.3. The highest BCUT2D eigenvalue weighted by molar-refractivity contribution is 5.89. The molecule has 0 radical (unpaired) electrons. The Morgan fingerprint density at radius 3 is 2.14 bits per heavy atom. The molecule has 1 aromatic rings. The van der Waals surface area contributed by atoms with Gasteiger partial charge in [0.2, 0.25) is 0 Å². The molecule has 1 aromatic carbocycles. The van der Waals surface area contributed by atoms with Crippen molar-refractivity contribution in [3.63, 3.8) is 0 Å². The first kappa shape index (κ1) is 23.9. The lowest BCUT2D eigenvalue weighted by atomic mass is 10.2. The van der Waals surface area contributed by atoms with Gasteiger partial charge in [-0.15, -0.1) is 0 Å². The van der Waals surface area contributed by atoms with Gasteiger partial charge < -0.3 is 35.2 Å². The minimum Gasteiger partial charge on any atom is -0.493 e. The second-order valence-electron chi connectivity index (χ2n) is 5.56. The Hall–Kier alpha value is -3.11. The van der Waals surface area contributed by atoms with Crippen molar-refractivity contribution < 1.29 is 38.1 Å². The van der Waals surface area contributed by atoms with E-state index in [0.29, 0.717) is 24.3 Å². The summed E-state index contributed by atoms with van der Waals surface area (Å²) >= 11 is 0. The third kappa shape index (κ3) is 10.7. The van der Waals surface area contributed by atoms with Crippen LogP contribution in [0.3, 0.4) is 0 Å². The third-order valence-electron chi connectivity index (χ3n) is 3.26. The molecule has 0 aliphatic carbocycles. The van der Waals surface area contributed by atoms with Crippen LogP contribution in [0.25, 0.3) is 0 Å². The molecule has 0 fully saturated rings. The van der Waals surface area contributed by atoms with Crippen molar-refractivity contribution in [2.24, 2.45) is 11.5 Å². The number of benzene rings is 1. The first-order valence-corrected chi connectivity index (χ1v) is 8.89. The van der Waals surface area contributed by atoms with Crippen LogP contribution < -0.4 is 16.2 Å². The van der Waals surface area contributed by atoms with E-state index in [1.54, 1.807) is 24.3 Å². The predicted molar refractivity (Wildman–Crippen MR) is 102 cm³/mol. The number of carbonyl (C=O) groups is 3. The van der Waals surface area contributed by atoms with Crippen LogP contribution in [0, 0.1) is 0 Å². The van der Waals surface area contributed by atoms with Crippen molar-refractivity contribution in [3.8, 4) is 5.75 Å². The molecule has 0 saturated carbocycles. The molecule has 0 heterocycles. The molecular weight excluding hydrogens is 384 g/mol. The van der Waals surface area contributed by atoms with Gasteiger partial charge in [-0.1, -0.05) is 6.58 Å². The SMILES string of the molecule is C=C(N)C(=O)OCCOCCOC(=O)c1ccc(OCCCOC(=O)CN)cc1. The minimum atomic E-state index is -0.692. The van der Waals surface area contributed by atoms with Gasteiger partial charge in [-0.2, -0.15) is 0 Å². The van der Waals surface area contributed by atoms with Gasteiger partial charge in [0.25, 0.3) is 0 Å². The van der Waals surface area contributed by atoms with Gasteiger partial charge in [0.15, 0.2) is 0 Å². The maximum Gasteiger partial charge on any atom is 0.353 e. The molecule has 0 aliphatic rings. The summed E-state index contributed by atoms with van der Waals surface area (Å²) in [5.41, 5.74) is 10.5. The van der Waals surface area contributed by atoms with Crippen LogP contribution in [-0.4, -0.2) is 64.1 Å². The lowest BCUT2D eigenvalue weighted by Crippen LogP contribution is -2.18. The predicted octanol–water partition coefficient (Wildman–Crippen LogP) is 0.146. The lowest BCUT2D eigenvalue weighted by molar-refractivity contribution is -0.142. The Balaban J connectivity index is 2.15. The highest BCUT2D eigenvalue weighted by Crippen LogP contribution is 2.13. The zero-order valence-electron chi connectivity index (χ0n) is 16.1. The van der Waals surface area contributed by atoms with Crippen molar-refractivity contribution in [2.75, 3.05) is 46.2 Å². The van der Waals surface area contributed by atoms with E-state index in [1.165, 1.54) is 0 Å². The van der Waals surface area contributed by atoms with Crippen LogP contribution in [-0.2, 0) is 28.5 Å². The Labute approximate surface area is 168 Å². The van der Waals surface area contributed by atoms with E-state index >= 15 is 0 Å². The zero-order chi connectivity index (χ0) is 21.5. The van der Waals surface area contributed by atoms with Crippen molar-refractivity contribution >= 4 is 17.9 Å². The number of esters is 3. The molecule has 4 N–H and O–H groups in total. The van der Waals surface area contributed by atoms with Crippen LogP contribution in [0.1, 0.15) is 16.8 Å². The molecule has 0 unspecified atom stereocenters. The standard InChI is InChI=1S/C19H26N2O8/c1-14(21)18(23)28-11-9-25-10-12-29-19(24)15-3-5-16(6-4-15)26-7-2-8-27-17(22)13-20/h3-6H,1-2,7-13,20-21H2. The Kier molecular flexibility index (Phi) is 11.5. The molecule has 10 nitrogen and oxygen atoms in total. The lowest BCUT2D eigenvalue weighted by Gasteiger charge is -2.08. The average Bonchev–Trinajstić information content (AvgIpc) is 2.72. The van der Waals surface area contributed by atoms with Gasteiger partial charge in [-0.05, 0) is 24.3 Å². The summed E-state index contributed by atoms with van der Waals surface area (Å²) in [4.78, 5) is 33.8. The van der Waals surface area contributed by atoms with Gasteiger partial charge in [0.05, 0.1) is 38.5 Å². The fourth-order valence-corrected chi connectivity index (χ4v) is 1.85. The molecule has 0 spiro atoms. The van der Waals surface area contributed by atoms with E-state index in [-0.39, 0.29) is 45.3 Å². The molecule has 0 aromatic heterocycles. The average molecular weight is 410 g/mol. The highest BCUT2D eigenvalue weighted by Gasteiger charge is 2.08. The molecule has 0 atom stereocenters. The van der Waals surface area contributed by atoms with Crippen LogP contribution in [0.2, 0.25) is 0 Å². The molecule has 29 heavy (non-hydrogen) atoms. The van der Waals surface area contributed by atoms with Crippen molar-refractivity contribution in [3.05, 3.63) is 42.1 Å². The fourth-order valence-electron chi connectivity index (χ4n) is 1.85. The first-order valence-electron chi connectivity index (χ1n) is 8.89. The van der Waals surface area contributed by atoms with Crippen molar-refractivity contribution in [1.29, 1.82) is 0 Å². The van der Waals surface area contributed by atoms with Crippen molar-refractivity contribution in [1.82, 2.24) is 0 Å². The van der Waals surface area contributed by atoms with Crippen LogP contribution in [0.4, 0.5) is 0 Å². The van der Waals surface area contributed by atoms with E-state index < -0.39 is 17.9 Å². The fraction of sp³-hybridized carbons (Fsp3) is 0.421. The maximum absolute atomic E-state index is 11.9. The topological polar surface area (TPSA) is 149 Å². The first-order chi connectivity index (χ1) is 13.9. The van der Waals surface area contributed by atoms with E-state index in [4.69, 9.17) is 35.2 Å². The van der Waals surface area contributed by atoms with Crippen LogP contribution >= 0.6 is 0 Å². The second-order valence-corrected chi connectivity index (χ2v) is 5.56. The number of rotatable bonds is 14. The maximum atomic E-state index is 11.9. The van der Waals surface area contributed by atoms with Gasteiger partial charge >= 0.3 is 17.9 Å². The van der Waals surface area contributed by atoms with E-state index in [2.05, 4.69) is 6.58 Å². The normalized spacial score (nSPS) is 10.1. The molecule has 0 amide bonds. The highest BCUT2D eigenvalue weighted by atomic mass is 16.6. The Morgan fingerprint density at radius 1 is 0.862 bits per heavy atom. The summed E-state index contributed by atoms with van der Waals surface area (Å²) in [7, 11) is 0. The van der Waals surface area contributed by atoms with Gasteiger partial charge in [-0.25, -0.2) is 9.59 Å². The smallest absolute Gasteiger partial charge is 0.353 e. The molecule has 1 rings (SSSR count). The third-order valence-corrected chi connectivity index (χ3v) is 3.26. The summed E-state index contributed by atoms with van der Waals surface area (Å²) in [6.07, 6.45) is 0.524. The second kappa shape index (κ2) is 14.0. The largest absolute Gasteiger partial charge is 0.493 e. The molecule has 10 heteroatoms. The van der Waals surface area contributed by atoms with Gasteiger partial charge in [0.1, 0.15) is 24.7 Å². The molecule has 0 aliphatic heterocycles. The van der Waals surface area contributed by atoms with E-state index in [0.717, 1.165) is 0 Å². The molecular formula is C19H26N2O8. The Bertz CT molecular complexity index is 675. The number of hydrogen-bond acceptors (Lipinski definition) is 10. The van der Waals surface area contributed by atoms with Gasteiger partial charge in [0, 0.05) is 6.42 Å².